The minimum absolute atomic E-state index is 0.00364. The van der Waals surface area contributed by atoms with Crippen molar-refractivity contribution in [3.8, 4) is 5.75 Å². The Labute approximate surface area is 229 Å². The molecule has 1 N–H and O–H groups in total. The molecular formula is C29H35ClN2O5S. The van der Waals surface area contributed by atoms with Gasteiger partial charge in [0.1, 0.15) is 18.1 Å². The summed E-state index contributed by atoms with van der Waals surface area (Å²) in [6.45, 7) is 3.38. The highest BCUT2D eigenvalue weighted by molar-refractivity contribution is 7.90. The molecule has 2 aromatic carbocycles. The van der Waals surface area contributed by atoms with Gasteiger partial charge in [-0.2, -0.15) is 0 Å². The lowest BCUT2D eigenvalue weighted by molar-refractivity contribution is -0.127. The second kappa shape index (κ2) is 11.3. The fourth-order valence-corrected chi connectivity index (χ4v) is 7.02. The van der Waals surface area contributed by atoms with Gasteiger partial charge in [0, 0.05) is 36.0 Å². The summed E-state index contributed by atoms with van der Waals surface area (Å²) < 4.78 is 34.3. The van der Waals surface area contributed by atoms with E-state index in [1.165, 1.54) is 5.56 Å². The third kappa shape index (κ3) is 5.86. The molecule has 7 nitrogen and oxygen atoms in total. The topological polar surface area (TPSA) is 92.8 Å². The number of hydrogen-bond donors (Lipinski definition) is 1. The smallest absolute Gasteiger partial charge is 0.264 e. The van der Waals surface area contributed by atoms with Gasteiger partial charge in [0.2, 0.25) is 10.0 Å². The zero-order chi connectivity index (χ0) is 26.9. The molecule has 0 saturated heterocycles. The molecule has 204 valence electrons. The molecule has 9 heteroatoms. The van der Waals surface area contributed by atoms with Crippen LogP contribution in [-0.4, -0.2) is 38.4 Å². The zero-order valence-electron chi connectivity index (χ0n) is 21.7. The normalized spacial score (nSPS) is 26.2. The molecule has 0 radical (unpaired) electrons. The first-order valence-electron chi connectivity index (χ1n) is 13.6. The predicted octanol–water partition coefficient (Wildman–Crippen LogP) is 5.29. The van der Waals surface area contributed by atoms with E-state index in [0.29, 0.717) is 43.2 Å². The Morgan fingerprint density at radius 2 is 1.82 bits per heavy atom. The van der Waals surface area contributed by atoms with E-state index in [1.807, 2.05) is 18.2 Å². The van der Waals surface area contributed by atoms with Crippen LogP contribution in [0, 0.1) is 11.8 Å². The largest absolute Gasteiger partial charge is 0.487 e. The highest BCUT2D eigenvalue weighted by atomic mass is 35.5. The number of carbonyl (C=O) groups excluding carboxylic acids is 2. The molecule has 2 bridgehead atoms. The van der Waals surface area contributed by atoms with Crippen LogP contribution >= 0.6 is 11.6 Å². The van der Waals surface area contributed by atoms with E-state index in [0.717, 1.165) is 49.9 Å². The minimum Gasteiger partial charge on any atom is -0.487 e. The number of ether oxygens (including phenoxy) is 1. The SMILES string of the molecule is C[C@H]1CCCC(=O)[C@@H]2CC[C@H]2CN2CCCCc3cc(Cl)ccc3COc3ccc(cc32)C(=O)NS1(=O)=O. The van der Waals surface area contributed by atoms with Crippen molar-refractivity contribution in [2.45, 2.75) is 70.1 Å². The molecule has 0 spiro atoms. The number of amides is 1. The number of hydrogen-bond acceptors (Lipinski definition) is 6. The van der Waals surface area contributed by atoms with E-state index in [2.05, 4.69) is 9.62 Å². The van der Waals surface area contributed by atoms with Crippen molar-refractivity contribution in [2.75, 3.05) is 18.0 Å². The predicted molar refractivity (Wildman–Crippen MR) is 148 cm³/mol. The Kier molecular flexibility index (Phi) is 8.00. The lowest BCUT2D eigenvalue weighted by Crippen LogP contribution is -2.42. The van der Waals surface area contributed by atoms with Crippen LogP contribution < -0.4 is 14.4 Å². The number of Topliss-reactive ketones (excluding diaryl/α,β-unsaturated/α-hetero) is 1. The Hall–Kier alpha value is -2.58. The summed E-state index contributed by atoms with van der Waals surface area (Å²) in [4.78, 5) is 28.4. The van der Waals surface area contributed by atoms with Crippen LogP contribution in [0.2, 0.25) is 5.02 Å². The minimum atomic E-state index is -3.87. The first-order valence-corrected chi connectivity index (χ1v) is 15.5. The molecule has 2 aromatic rings. The van der Waals surface area contributed by atoms with Gasteiger partial charge in [-0.1, -0.05) is 17.7 Å². The summed E-state index contributed by atoms with van der Waals surface area (Å²) in [6, 6.07) is 11.0. The summed E-state index contributed by atoms with van der Waals surface area (Å²) in [5.74, 6) is 0.442. The molecule has 5 rings (SSSR count). The monoisotopic (exact) mass is 558 g/mol. The van der Waals surface area contributed by atoms with Crippen molar-refractivity contribution in [1.29, 1.82) is 0 Å². The molecule has 1 saturated carbocycles. The number of fused-ring (bicyclic) bond motifs is 3. The maximum atomic E-state index is 13.1. The molecule has 1 aliphatic carbocycles. The molecule has 2 heterocycles. The molecular weight excluding hydrogens is 524 g/mol. The van der Waals surface area contributed by atoms with Crippen LogP contribution in [0.15, 0.2) is 36.4 Å². The number of ketones is 1. The summed E-state index contributed by atoms with van der Waals surface area (Å²) in [5.41, 5.74) is 3.26. The highest BCUT2D eigenvalue weighted by Crippen LogP contribution is 2.40. The van der Waals surface area contributed by atoms with E-state index < -0.39 is 21.2 Å². The Morgan fingerprint density at radius 1 is 0.974 bits per heavy atom. The third-order valence-electron chi connectivity index (χ3n) is 8.32. The molecule has 2 aliphatic heterocycles. The summed E-state index contributed by atoms with van der Waals surface area (Å²) in [5, 5.41) is -0.0651. The van der Waals surface area contributed by atoms with Gasteiger partial charge >= 0.3 is 0 Å². The van der Waals surface area contributed by atoms with Gasteiger partial charge < -0.3 is 9.64 Å². The standard InChI is InChI=1S/C29H35ClN2O5S/c1-19-5-4-7-27(33)25-12-9-22(25)17-32-14-3-2-6-20-15-24(30)11-8-23(20)18-37-28-13-10-21(16-26(28)32)29(34)31-38(19,35)36/h8,10-11,13,15-16,19,22,25H,2-7,9,12,14,17-18H2,1H3,(H,31,34)/t19-,22-,25+/m0/s1. The van der Waals surface area contributed by atoms with Gasteiger partial charge in [-0.25, -0.2) is 13.1 Å². The summed E-state index contributed by atoms with van der Waals surface area (Å²) in [6.07, 6.45) is 5.83. The van der Waals surface area contributed by atoms with Crippen LogP contribution in [0.3, 0.4) is 0 Å². The fourth-order valence-electron chi connectivity index (χ4n) is 5.77. The van der Waals surface area contributed by atoms with Gasteiger partial charge in [0.15, 0.2) is 0 Å². The van der Waals surface area contributed by atoms with Crippen molar-refractivity contribution in [3.63, 3.8) is 0 Å². The Morgan fingerprint density at radius 3 is 2.61 bits per heavy atom. The number of aryl methyl sites for hydroxylation is 1. The third-order valence-corrected chi connectivity index (χ3v) is 10.3. The van der Waals surface area contributed by atoms with Crippen molar-refractivity contribution >= 4 is 39.0 Å². The average Bonchev–Trinajstić information content (AvgIpc) is 2.88. The van der Waals surface area contributed by atoms with E-state index in [1.54, 1.807) is 25.1 Å². The number of carbonyl (C=O) groups is 2. The van der Waals surface area contributed by atoms with E-state index in [9.17, 15) is 18.0 Å². The average molecular weight is 559 g/mol. The number of benzene rings is 2. The van der Waals surface area contributed by atoms with Gasteiger partial charge in [-0.3, -0.25) is 9.59 Å². The van der Waals surface area contributed by atoms with Crippen molar-refractivity contribution < 1.29 is 22.7 Å². The van der Waals surface area contributed by atoms with Gasteiger partial charge in [0.25, 0.3) is 5.91 Å². The second-order valence-electron chi connectivity index (χ2n) is 10.9. The molecule has 1 fully saturated rings. The number of sulfonamides is 1. The molecule has 0 aromatic heterocycles. The van der Waals surface area contributed by atoms with Gasteiger partial charge in [-0.15, -0.1) is 0 Å². The molecule has 0 unspecified atom stereocenters. The molecule has 3 aliphatic rings. The van der Waals surface area contributed by atoms with Gasteiger partial charge in [0.05, 0.1) is 10.9 Å². The molecule has 38 heavy (non-hydrogen) atoms. The number of rotatable bonds is 0. The Bertz CT molecular complexity index is 1330. The summed E-state index contributed by atoms with van der Waals surface area (Å²) >= 11 is 6.27. The van der Waals surface area contributed by atoms with Crippen molar-refractivity contribution in [2.24, 2.45) is 11.8 Å². The van der Waals surface area contributed by atoms with Crippen LogP contribution in [0.4, 0.5) is 5.69 Å². The van der Waals surface area contributed by atoms with Gasteiger partial charge in [-0.05, 0) is 99.2 Å². The quantitative estimate of drug-likeness (QED) is 0.472. The lowest BCUT2D eigenvalue weighted by atomic mass is 9.70. The highest BCUT2D eigenvalue weighted by Gasteiger charge is 2.38. The van der Waals surface area contributed by atoms with Crippen LogP contribution in [-0.2, 0) is 27.8 Å². The van der Waals surface area contributed by atoms with E-state index >= 15 is 0 Å². The molecule has 1 amide bonds. The number of nitrogens with one attached hydrogen (secondary N) is 1. The van der Waals surface area contributed by atoms with E-state index in [-0.39, 0.29) is 23.2 Å². The van der Waals surface area contributed by atoms with E-state index in [4.69, 9.17) is 16.3 Å². The van der Waals surface area contributed by atoms with Crippen LogP contribution in [0.5, 0.6) is 5.75 Å². The zero-order valence-corrected chi connectivity index (χ0v) is 23.3. The fraction of sp³-hybridized carbons (Fsp3) is 0.517. The van der Waals surface area contributed by atoms with Crippen molar-refractivity contribution in [1.82, 2.24) is 4.72 Å². The number of anilines is 1. The maximum absolute atomic E-state index is 13.1. The molecule has 3 atom stereocenters. The first kappa shape index (κ1) is 27.0. The lowest BCUT2D eigenvalue weighted by Gasteiger charge is -2.40. The number of nitrogens with zero attached hydrogens (tertiary/aromatic N) is 1. The van der Waals surface area contributed by atoms with Crippen LogP contribution in [0.25, 0.3) is 0 Å². The first-order chi connectivity index (χ1) is 18.2. The van der Waals surface area contributed by atoms with Crippen molar-refractivity contribution in [3.05, 3.63) is 58.1 Å². The Balaban J connectivity index is 1.53. The summed E-state index contributed by atoms with van der Waals surface area (Å²) in [7, 11) is -3.87. The second-order valence-corrected chi connectivity index (χ2v) is 13.4. The van der Waals surface area contributed by atoms with Crippen LogP contribution in [0.1, 0.15) is 73.4 Å². The number of halogens is 1. The maximum Gasteiger partial charge on any atom is 0.264 e.